The monoisotopic (exact) mass is 407 g/mol. The molecule has 0 saturated heterocycles. The second kappa shape index (κ2) is 9.01. The Morgan fingerprint density at radius 3 is 2.57 bits per heavy atom. The maximum absolute atomic E-state index is 11.9. The van der Waals surface area contributed by atoms with E-state index in [2.05, 4.69) is 15.5 Å². The molecule has 1 heterocycles. The number of hydrogen-bond donors (Lipinski definition) is 1. The lowest BCUT2D eigenvalue weighted by Gasteiger charge is -2.07. The zero-order chi connectivity index (χ0) is 21.5. The summed E-state index contributed by atoms with van der Waals surface area (Å²) in [5.41, 5.74) is 2.12. The van der Waals surface area contributed by atoms with Gasteiger partial charge in [0.15, 0.2) is 0 Å². The summed E-state index contributed by atoms with van der Waals surface area (Å²) in [6.07, 6.45) is 2.84. The first-order chi connectivity index (χ1) is 14.4. The number of carbonyl (C=O) groups excluding carboxylic acids is 1. The van der Waals surface area contributed by atoms with Crippen molar-refractivity contribution >= 4 is 23.5 Å². The van der Waals surface area contributed by atoms with Gasteiger partial charge in [0.05, 0.1) is 22.1 Å². The van der Waals surface area contributed by atoms with Crippen LogP contribution in [0.2, 0.25) is 0 Å². The molecular formula is C19H13N5O6. The number of nitro benzene ring substituents is 2. The topological polar surface area (TPSA) is 150 Å². The Kier molecular flexibility index (Phi) is 6.03. The van der Waals surface area contributed by atoms with E-state index >= 15 is 0 Å². The quantitative estimate of drug-likeness (QED) is 0.358. The summed E-state index contributed by atoms with van der Waals surface area (Å²) < 4.78 is 5.52. The van der Waals surface area contributed by atoms with Crippen molar-refractivity contribution in [1.82, 2.24) is 10.4 Å². The normalized spacial score (nSPS) is 10.5. The van der Waals surface area contributed by atoms with Crippen LogP contribution in [-0.4, -0.2) is 27.0 Å². The van der Waals surface area contributed by atoms with Gasteiger partial charge in [0.1, 0.15) is 11.4 Å². The summed E-state index contributed by atoms with van der Waals surface area (Å²) in [6, 6.07) is 14.4. The largest absolute Gasteiger partial charge is 0.450 e. The summed E-state index contributed by atoms with van der Waals surface area (Å²) in [7, 11) is 0. The Morgan fingerprint density at radius 2 is 1.87 bits per heavy atom. The van der Waals surface area contributed by atoms with Gasteiger partial charge in [-0.15, -0.1) is 0 Å². The van der Waals surface area contributed by atoms with Crippen molar-refractivity contribution in [3.63, 3.8) is 0 Å². The summed E-state index contributed by atoms with van der Waals surface area (Å²) >= 11 is 0. The second-order valence-corrected chi connectivity index (χ2v) is 5.75. The molecule has 0 bridgehead atoms. The molecule has 0 aliphatic heterocycles. The minimum atomic E-state index is -0.763. The van der Waals surface area contributed by atoms with Gasteiger partial charge < -0.3 is 4.74 Å². The highest BCUT2D eigenvalue weighted by Gasteiger charge is 2.21. The predicted octanol–water partition coefficient (Wildman–Crippen LogP) is 3.45. The Morgan fingerprint density at radius 1 is 1.03 bits per heavy atom. The molecule has 0 fully saturated rings. The average molecular weight is 407 g/mol. The molecule has 0 saturated carbocycles. The fourth-order valence-electron chi connectivity index (χ4n) is 2.35. The van der Waals surface area contributed by atoms with Crippen molar-refractivity contribution in [3.8, 4) is 11.5 Å². The van der Waals surface area contributed by atoms with E-state index in [1.54, 1.807) is 30.3 Å². The lowest BCUT2D eigenvalue weighted by atomic mass is 10.2. The van der Waals surface area contributed by atoms with Gasteiger partial charge in [-0.25, -0.2) is 5.43 Å². The standard InChI is InChI=1S/C19H13N5O6/c25-19(16-6-1-2-9-20-16)22-21-12-13-4-3-5-15(10-13)30-18-8-7-14(23(26)27)11-17(18)24(28)29/h1-12H,(H,22,25). The maximum Gasteiger partial charge on any atom is 0.318 e. The number of non-ortho nitro benzene ring substituents is 1. The molecule has 0 aliphatic carbocycles. The molecule has 150 valence electrons. The van der Waals surface area contributed by atoms with Gasteiger partial charge in [0, 0.05) is 12.3 Å². The van der Waals surface area contributed by atoms with Gasteiger partial charge in [0.2, 0.25) is 5.75 Å². The third-order valence-electron chi connectivity index (χ3n) is 3.71. The average Bonchev–Trinajstić information content (AvgIpc) is 2.74. The smallest absolute Gasteiger partial charge is 0.318 e. The van der Waals surface area contributed by atoms with Crippen LogP contribution in [0.5, 0.6) is 11.5 Å². The predicted molar refractivity (Wildman–Crippen MR) is 106 cm³/mol. The van der Waals surface area contributed by atoms with Crippen molar-refractivity contribution in [2.45, 2.75) is 0 Å². The molecule has 0 radical (unpaired) electrons. The van der Waals surface area contributed by atoms with Crippen molar-refractivity contribution in [2.24, 2.45) is 5.10 Å². The van der Waals surface area contributed by atoms with Crippen molar-refractivity contribution < 1.29 is 19.4 Å². The van der Waals surface area contributed by atoms with Crippen LogP contribution < -0.4 is 10.2 Å². The van der Waals surface area contributed by atoms with Crippen LogP contribution in [-0.2, 0) is 0 Å². The van der Waals surface area contributed by atoms with E-state index < -0.39 is 27.1 Å². The van der Waals surface area contributed by atoms with Gasteiger partial charge >= 0.3 is 5.69 Å². The molecule has 0 atom stereocenters. The molecular weight excluding hydrogens is 394 g/mol. The van der Waals surface area contributed by atoms with Crippen LogP contribution in [0.1, 0.15) is 16.1 Å². The van der Waals surface area contributed by atoms with E-state index in [4.69, 9.17) is 4.74 Å². The fraction of sp³-hybridized carbons (Fsp3) is 0. The summed E-state index contributed by atoms with van der Waals surface area (Å²) in [4.78, 5) is 36.3. The highest BCUT2D eigenvalue weighted by Crippen LogP contribution is 2.34. The Hall–Kier alpha value is -4.67. The molecule has 3 rings (SSSR count). The van der Waals surface area contributed by atoms with Gasteiger partial charge in [0.25, 0.3) is 11.6 Å². The molecule has 11 heteroatoms. The summed E-state index contributed by atoms with van der Waals surface area (Å²) in [5, 5.41) is 25.9. The number of nitrogens with zero attached hydrogens (tertiary/aromatic N) is 4. The number of hydrazone groups is 1. The van der Waals surface area contributed by atoms with Crippen LogP contribution >= 0.6 is 0 Å². The van der Waals surface area contributed by atoms with Gasteiger partial charge in [-0.05, 0) is 35.9 Å². The van der Waals surface area contributed by atoms with Gasteiger partial charge in [-0.1, -0.05) is 18.2 Å². The molecule has 1 amide bonds. The Labute approximate surface area is 168 Å². The third-order valence-corrected chi connectivity index (χ3v) is 3.71. The van der Waals surface area contributed by atoms with Gasteiger partial charge in [-0.2, -0.15) is 5.10 Å². The summed E-state index contributed by atoms with van der Waals surface area (Å²) in [6.45, 7) is 0. The van der Waals surface area contributed by atoms with Crippen molar-refractivity contribution in [1.29, 1.82) is 0 Å². The number of pyridine rings is 1. The summed E-state index contributed by atoms with van der Waals surface area (Å²) in [5.74, 6) is -0.393. The highest BCUT2D eigenvalue weighted by molar-refractivity contribution is 5.93. The van der Waals surface area contributed by atoms with E-state index in [1.807, 2.05) is 0 Å². The Balaban J connectivity index is 1.74. The number of aromatic nitrogens is 1. The zero-order valence-electron chi connectivity index (χ0n) is 15.2. The van der Waals surface area contributed by atoms with Crippen LogP contribution in [0.15, 0.2) is 72.0 Å². The third kappa shape index (κ3) is 4.98. The van der Waals surface area contributed by atoms with Crippen LogP contribution in [0.25, 0.3) is 0 Å². The number of rotatable bonds is 7. The molecule has 3 aromatic rings. The first kappa shape index (κ1) is 20.1. The molecule has 0 aliphatic rings. The molecule has 30 heavy (non-hydrogen) atoms. The lowest BCUT2D eigenvalue weighted by Crippen LogP contribution is -2.18. The number of nitrogens with one attached hydrogen (secondary N) is 1. The zero-order valence-corrected chi connectivity index (χ0v) is 15.2. The van der Waals surface area contributed by atoms with E-state index in [0.717, 1.165) is 18.2 Å². The number of nitro groups is 2. The van der Waals surface area contributed by atoms with E-state index in [9.17, 15) is 25.0 Å². The SMILES string of the molecule is O=C(NN=Cc1cccc(Oc2ccc([N+](=O)[O-])cc2[N+](=O)[O-])c1)c1ccccn1. The van der Waals surface area contributed by atoms with Crippen LogP contribution in [0.4, 0.5) is 11.4 Å². The Bertz CT molecular complexity index is 1130. The molecule has 1 aromatic heterocycles. The number of carbonyl (C=O) groups is 1. The number of benzene rings is 2. The number of ether oxygens (including phenoxy) is 1. The number of amides is 1. The minimum Gasteiger partial charge on any atom is -0.450 e. The molecule has 11 nitrogen and oxygen atoms in total. The first-order valence-corrected chi connectivity index (χ1v) is 8.39. The van der Waals surface area contributed by atoms with Crippen LogP contribution in [0.3, 0.4) is 0 Å². The minimum absolute atomic E-state index is 0.150. The molecule has 1 N–H and O–H groups in total. The maximum atomic E-state index is 11.9. The van der Waals surface area contributed by atoms with Crippen molar-refractivity contribution in [3.05, 3.63) is 98.3 Å². The molecule has 2 aromatic carbocycles. The van der Waals surface area contributed by atoms with E-state index in [1.165, 1.54) is 24.5 Å². The van der Waals surface area contributed by atoms with E-state index in [0.29, 0.717) is 5.56 Å². The van der Waals surface area contributed by atoms with Crippen LogP contribution in [0, 0.1) is 20.2 Å². The van der Waals surface area contributed by atoms with Gasteiger partial charge in [-0.3, -0.25) is 30.0 Å². The van der Waals surface area contributed by atoms with E-state index in [-0.39, 0.29) is 17.2 Å². The molecule has 0 unspecified atom stereocenters. The lowest BCUT2D eigenvalue weighted by molar-refractivity contribution is -0.394. The number of hydrogen-bond acceptors (Lipinski definition) is 8. The molecule has 0 spiro atoms. The fourth-order valence-corrected chi connectivity index (χ4v) is 2.35. The highest BCUT2D eigenvalue weighted by atomic mass is 16.6. The first-order valence-electron chi connectivity index (χ1n) is 8.39. The second-order valence-electron chi connectivity index (χ2n) is 5.75. The van der Waals surface area contributed by atoms with Crippen molar-refractivity contribution in [2.75, 3.05) is 0 Å².